The third kappa shape index (κ3) is 2.89. The van der Waals surface area contributed by atoms with Gasteiger partial charge in [-0.1, -0.05) is 0 Å². The van der Waals surface area contributed by atoms with Crippen molar-refractivity contribution in [2.75, 3.05) is 0 Å². The first-order chi connectivity index (χ1) is 11.5. The second kappa shape index (κ2) is 6.64. The van der Waals surface area contributed by atoms with Crippen molar-refractivity contribution in [1.29, 1.82) is 0 Å². The summed E-state index contributed by atoms with van der Waals surface area (Å²) in [6.45, 7) is 1.45. The van der Waals surface area contributed by atoms with Crippen molar-refractivity contribution in [3.8, 4) is 0 Å². The van der Waals surface area contributed by atoms with Crippen LogP contribution in [0.4, 0.5) is 0 Å². The van der Waals surface area contributed by atoms with E-state index >= 15 is 0 Å². The molecule has 0 fully saturated rings. The third-order valence-corrected chi connectivity index (χ3v) is 4.42. The Hall–Kier alpha value is -2.35. The number of aromatic nitrogens is 6. The van der Waals surface area contributed by atoms with Gasteiger partial charge in [-0.2, -0.15) is 10.1 Å². The highest BCUT2D eigenvalue weighted by molar-refractivity contribution is 6.29. The molecule has 9 heteroatoms. The summed E-state index contributed by atoms with van der Waals surface area (Å²) in [6.07, 6.45) is 6.52. The van der Waals surface area contributed by atoms with Crippen LogP contribution in [-0.2, 0) is 27.2 Å². The molecule has 24 heavy (non-hydrogen) atoms. The van der Waals surface area contributed by atoms with Crippen molar-refractivity contribution in [2.24, 2.45) is 14.1 Å². The predicted molar refractivity (Wildman–Crippen MR) is 91.3 cm³/mol. The van der Waals surface area contributed by atoms with Crippen molar-refractivity contribution in [3.05, 3.63) is 44.6 Å². The molecule has 0 saturated carbocycles. The Kier molecular flexibility index (Phi) is 4.57. The lowest BCUT2D eigenvalue weighted by atomic mass is 10.2. The molecule has 0 aliphatic carbocycles. The van der Waals surface area contributed by atoms with Gasteiger partial charge in [0.25, 0.3) is 5.56 Å². The van der Waals surface area contributed by atoms with Gasteiger partial charge < -0.3 is 4.57 Å². The van der Waals surface area contributed by atoms with Gasteiger partial charge in [-0.3, -0.25) is 18.6 Å². The van der Waals surface area contributed by atoms with Gasteiger partial charge in [0, 0.05) is 39.6 Å². The molecule has 0 N–H and O–H groups in total. The van der Waals surface area contributed by atoms with Crippen molar-refractivity contribution < 1.29 is 0 Å². The fraction of sp³-hybridized carbons (Fsp3) is 0.467. The maximum atomic E-state index is 12.4. The first-order valence-electron chi connectivity index (χ1n) is 7.80. The van der Waals surface area contributed by atoms with Crippen molar-refractivity contribution in [3.63, 3.8) is 0 Å². The molecule has 0 aliphatic rings. The Bertz CT molecular complexity index is 967. The summed E-state index contributed by atoms with van der Waals surface area (Å²) in [5.41, 5.74) is -0.0848. The number of halogens is 1. The number of imidazole rings is 1. The van der Waals surface area contributed by atoms with Crippen LogP contribution in [0, 0.1) is 0 Å². The van der Waals surface area contributed by atoms with E-state index in [0.717, 1.165) is 30.4 Å². The van der Waals surface area contributed by atoms with Crippen LogP contribution in [0.3, 0.4) is 0 Å². The van der Waals surface area contributed by atoms with E-state index in [2.05, 4.69) is 10.1 Å². The zero-order valence-corrected chi connectivity index (χ0v) is 14.4. The summed E-state index contributed by atoms with van der Waals surface area (Å²) < 4.78 is 6.00. The second-order valence-electron chi connectivity index (χ2n) is 5.74. The molecule has 8 nitrogen and oxygen atoms in total. The van der Waals surface area contributed by atoms with E-state index in [-0.39, 0.29) is 10.8 Å². The average Bonchev–Trinajstić information content (AvgIpc) is 3.19. The fourth-order valence-electron chi connectivity index (χ4n) is 2.78. The van der Waals surface area contributed by atoms with Crippen LogP contribution >= 0.6 is 11.6 Å². The lowest BCUT2D eigenvalue weighted by molar-refractivity contribution is 0.521. The van der Waals surface area contributed by atoms with Crippen LogP contribution in [0.5, 0.6) is 0 Å². The molecule has 0 aliphatic heterocycles. The first kappa shape index (κ1) is 16.5. The number of hydrogen-bond acceptors (Lipinski definition) is 4. The predicted octanol–water partition coefficient (Wildman–Crippen LogP) is 1.15. The van der Waals surface area contributed by atoms with E-state index in [9.17, 15) is 9.59 Å². The number of hydrogen-bond donors (Lipinski definition) is 0. The van der Waals surface area contributed by atoms with Crippen molar-refractivity contribution in [1.82, 2.24) is 28.5 Å². The topological polar surface area (TPSA) is 79.6 Å². The van der Waals surface area contributed by atoms with E-state index in [1.54, 1.807) is 17.8 Å². The molecular formula is C15H19ClN6O2. The smallest absolute Gasteiger partial charge is 0.309 e. The highest BCUT2D eigenvalue weighted by Crippen LogP contribution is 2.16. The fourth-order valence-corrected chi connectivity index (χ4v) is 3.03. The zero-order valence-electron chi connectivity index (χ0n) is 13.6. The van der Waals surface area contributed by atoms with Crippen LogP contribution in [0.1, 0.15) is 19.3 Å². The molecule has 0 aromatic carbocycles. The maximum Gasteiger partial charge on any atom is 0.332 e. The Morgan fingerprint density at radius 1 is 1.08 bits per heavy atom. The Morgan fingerprint density at radius 3 is 2.54 bits per heavy atom. The molecule has 3 rings (SSSR count). The lowest BCUT2D eigenvalue weighted by Gasteiger charge is -2.07. The summed E-state index contributed by atoms with van der Waals surface area (Å²) >= 11 is 6.18. The summed E-state index contributed by atoms with van der Waals surface area (Å²) in [6, 6.07) is 1.90. The Morgan fingerprint density at radius 2 is 1.83 bits per heavy atom. The molecule has 3 aromatic heterocycles. The van der Waals surface area contributed by atoms with Crippen LogP contribution in [0.25, 0.3) is 11.2 Å². The standard InChI is InChI=1S/C15H19ClN6O2/c1-19-12-11(13(23)20(2)15(19)24)22(14(16)18-12)10-5-3-4-8-21-9-6-7-17-21/h6-7,9H,3-5,8,10H2,1-2H3. The SMILES string of the molecule is Cn1c(=O)c2c(nc(Cl)n2CCCCCn2cccn2)n(C)c1=O. The minimum absolute atomic E-state index is 0.232. The van der Waals surface area contributed by atoms with Crippen LogP contribution in [0.2, 0.25) is 5.28 Å². The van der Waals surface area contributed by atoms with E-state index in [0.29, 0.717) is 17.7 Å². The molecular weight excluding hydrogens is 332 g/mol. The Labute approximate surface area is 142 Å². The van der Waals surface area contributed by atoms with Gasteiger partial charge in [0.05, 0.1) is 0 Å². The normalized spacial score (nSPS) is 11.5. The molecule has 0 saturated heterocycles. The number of fused-ring (bicyclic) bond motifs is 1. The third-order valence-electron chi connectivity index (χ3n) is 4.13. The van der Waals surface area contributed by atoms with Gasteiger partial charge >= 0.3 is 5.69 Å². The van der Waals surface area contributed by atoms with E-state index < -0.39 is 5.69 Å². The molecule has 0 unspecified atom stereocenters. The largest absolute Gasteiger partial charge is 0.332 e. The molecule has 0 amide bonds. The summed E-state index contributed by atoms with van der Waals surface area (Å²) in [7, 11) is 3.04. The Balaban J connectivity index is 1.76. The zero-order chi connectivity index (χ0) is 17.3. The summed E-state index contributed by atoms with van der Waals surface area (Å²) in [4.78, 5) is 28.5. The highest BCUT2D eigenvalue weighted by Gasteiger charge is 2.17. The highest BCUT2D eigenvalue weighted by atomic mass is 35.5. The molecule has 0 spiro atoms. The molecule has 0 bridgehead atoms. The first-order valence-corrected chi connectivity index (χ1v) is 8.17. The number of rotatable bonds is 6. The van der Waals surface area contributed by atoms with Gasteiger partial charge in [0.15, 0.2) is 11.2 Å². The summed E-state index contributed by atoms with van der Waals surface area (Å²) in [5, 5.41) is 4.39. The number of aryl methyl sites for hydroxylation is 3. The number of nitrogens with zero attached hydrogens (tertiary/aromatic N) is 6. The van der Waals surface area contributed by atoms with E-state index in [1.165, 1.54) is 11.6 Å². The van der Waals surface area contributed by atoms with Gasteiger partial charge in [-0.15, -0.1) is 0 Å². The van der Waals surface area contributed by atoms with Gasteiger partial charge in [0.1, 0.15) is 0 Å². The maximum absolute atomic E-state index is 12.4. The molecule has 0 atom stereocenters. The molecule has 128 valence electrons. The van der Waals surface area contributed by atoms with Crippen LogP contribution in [0.15, 0.2) is 28.0 Å². The minimum atomic E-state index is -0.409. The van der Waals surface area contributed by atoms with E-state index in [4.69, 9.17) is 11.6 Å². The average molecular weight is 351 g/mol. The quantitative estimate of drug-likeness (QED) is 0.493. The van der Waals surface area contributed by atoms with Gasteiger partial charge in [-0.25, -0.2) is 4.79 Å². The lowest BCUT2D eigenvalue weighted by Crippen LogP contribution is -2.37. The molecule has 3 heterocycles. The molecule has 3 aromatic rings. The van der Waals surface area contributed by atoms with E-state index in [1.807, 2.05) is 16.9 Å². The number of unbranched alkanes of at least 4 members (excludes halogenated alkanes) is 2. The van der Waals surface area contributed by atoms with Crippen molar-refractivity contribution in [2.45, 2.75) is 32.4 Å². The summed E-state index contributed by atoms with van der Waals surface area (Å²) in [5.74, 6) is 0. The van der Waals surface area contributed by atoms with Crippen molar-refractivity contribution >= 4 is 22.8 Å². The van der Waals surface area contributed by atoms with Crippen LogP contribution < -0.4 is 11.2 Å². The van der Waals surface area contributed by atoms with Crippen LogP contribution in [-0.4, -0.2) is 28.5 Å². The van der Waals surface area contributed by atoms with Gasteiger partial charge in [0.2, 0.25) is 5.28 Å². The second-order valence-corrected chi connectivity index (χ2v) is 6.08. The monoisotopic (exact) mass is 350 g/mol. The van der Waals surface area contributed by atoms with Gasteiger partial charge in [-0.05, 0) is 36.9 Å². The molecule has 0 radical (unpaired) electrons. The minimum Gasteiger partial charge on any atom is -0.309 e.